The molecule has 31 heavy (non-hydrogen) atoms. The predicted octanol–water partition coefficient (Wildman–Crippen LogP) is 3.56. The van der Waals surface area contributed by atoms with Crippen molar-refractivity contribution in [1.82, 2.24) is 0 Å². The molecule has 0 spiro atoms. The average molecular weight is 444 g/mol. The monoisotopic (exact) mass is 443 g/mol. The smallest absolute Gasteiger partial charge is 0.174 e. The van der Waals surface area contributed by atoms with E-state index >= 15 is 0 Å². The third-order valence-corrected chi connectivity index (χ3v) is 6.07. The van der Waals surface area contributed by atoms with Gasteiger partial charge < -0.3 is 14.9 Å². The molecule has 0 amide bonds. The van der Waals surface area contributed by atoms with Crippen molar-refractivity contribution in [1.29, 1.82) is 5.26 Å². The fourth-order valence-corrected chi connectivity index (χ4v) is 4.24. The van der Waals surface area contributed by atoms with Crippen molar-refractivity contribution < 1.29 is 14.9 Å². The van der Waals surface area contributed by atoms with Crippen LogP contribution in [0.25, 0.3) is 0 Å². The SMILES string of the molecule is N#CCOc1ccc(Cc2cc(C3CC(CN=O)C(O)C(N=O)C3O)ccc2Cl)cc1. The Balaban J connectivity index is 1.83. The van der Waals surface area contributed by atoms with E-state index in [1.54, 1.807) is 24.3 Å². The van der Waals surface area contributed by atoms with Gasteiger partial charge in [-0.2, -0.15) is 15.1 Å². The van der Waals surface area contributed by atoms with Crippen LogP contribution in [-0.4, -0.2) is 41.6 Å². The van der Waals surface area contributed by atoms with E-state index in [1.807, 2.05) is 24.3 Å². The molecule has 9 heteroatoms. The van der Waals surface area contributed by atoms with Crippen molar-refractivity contribution in [2.45, 2.75) is 37.0 Å². The van der Waals surface area contributed by atoms with Gasteiger partial charge >= 0.3 is 0 Å². The molecule has 3 rings (SSSR count). The fourth-order valence-electron chi connectivity index (χ4n) is 4.06. The van der Waals surface area contributed by atoms with Crippen molar-refractivity contribution in [2.75, 3.05) is 13.2 Å². The van der Waals surface area contributed by atoms with Gasteiger partial charge in [-0.3, -0.25) is 0 Å². The van der Waals surface area contributed by atoms with Crippen molar-refractivity contribution in [3.63, 3.8) is 0 Å². The topological polar surface area (TPSA) is 132 Å². The third-order valence-electron chi connectivity index (χ3n) is 5.70. The number of hydrogen-bond acceptors (Lipinski definition) is 8. The van der Waals surface area contributed by atoms with Crippen molar-refractivity contribution in [3.8, 4) is 11.8 Å². The largest absolute Gasteiger partial charge is 0.479 e. The highest BCUT2D eigenvalue weighted by molar-refractivity contribution is 6.31. The molecule has 0 aromatic heterocycles. The lowest BCUT2D eigenvalue weighted by Gasteiger charge is -2.39. The van der Waals surface area contributed by atoms with Gasteiger partial charge in [0.1, 0.15) is 17.9 Å². The van der Waals surface area contributed by atoms with Crippen molar-refractivity contribution in [3.05, 3.63) is 74.0 Å². The Morgan fingerprint density at radius 1 is 1.13 bits per heavy atom. The predicted molar refractivity (Wildman–Crippen MR) is 115 cm³/mol. The Bertz CT molecular complexity index is 963. The molecule has 1 fully saturated rings. The summed E-state index contributed by atoms with van der Waals surface area (Å²) in [7, 11) is 0. The zero-order chi connectivity index (χ0) is 22.4. The molecule has 8 nitrogen and oxygen atoms in total. The molecular weight excluding hydrogens is 422 g/mol. The Kier molecular flexibility index (Phi) is 7.69. The summed E-state index contributed by atoms with van der Waals surface area (Å²) in [6.45, 7) is -0.181. The first-order valence-electron chi connectivity index (χ1n) is 9.83. The van der Waals surface area contributed by atoms with E-state index in [4.69, 9.17) is 21.6 Å². The van der Waals surface area contributed by atoms with Crippen LogP contribution in [0.4, 0.5) is 0 Å². The zero-order valence-electron chi connectivity index (χ0n) is 16.6. The third kappa shape index (κ3) is 5.25. The molecule has 0 heterocycles. The molecule has 1 aliphatic carbocycles. The van der Waals surface area contributed by atoms with Crippen LogP contribution in [0.5, 0.6) is 5.75 Å². The number of benzene rings is 2. The molecule has 2 aromatic carbocycles. The van der Waals surface area contributed by atoms with Gasteiger partial charge in [-0.25, -0.2) is 0 Å². The zero-order valence-corrected chi connectivity index (χ0v) is 17.4. The quantitative estimate of drug-likeness (QED) is 0.599. The van der Waals surface area contributed by atoms with Crippen LogP contribution in [0.3, 0.4) is 0 Å². The maximum absolute atomic E-state index is 11.2. The molecule has 162 valence electrons. The number of aliphatic hydroxyl groups is 2. The first kappa shape index (κ1) is 22.8. The summed E-state index contributed by atoms with van der Waals surface area (Å²) in [6.07, 6.45) is -1.58. The molecule has 2 aromatic rings. The molecule has 1 saturated carbocycles. The number of nitroso groups, excluding NO2 is 2. The van der Waals surface area contributed by atoms with Gasteiger partial charge in [0, 0.05) is 16.9 Å². The van der Waals surface area contributed by atoms with Gasteiger partial charge in [-0.15, -0.1) is 0 Å². The lowest BCUT2D eigenvalue weighted by Crippen LogP contribution is -2.49. The van der Waals surface area contributed by atoms with Crippen LogP contribution in [0.2, 0.25) is 5.02 Å². The number of nitrogens with zero attached hydrogens (tertiary/aromatic N) is 3. The van der Waals surface area contributed by atoms with Gasteiger partial charge in [-0.05, 0) is 47.7 Å². The van der Waals surface area contributed by atoms with Gasteiger partial charge in [0.15, 0.2) is 6.61 Å². The summed E-state index contributed by atoms with van der Waals surface area (Å²) in [4.78, 5) is 22.0. The van der Waals surface area contributed by atoms with Crippen LogP contribution in [0.15, 0.2) is 52.8 Å². The minimum absolute atomic E-state index is 0.0249. The van der Waals surface area contributed by atoms with Crippen molar-refractivity contribution in [2.24, 2.45) is 16.3 Å². The Labute approximate surface area is 184 Å². The summed E-state index contributed by atoms with van der Waals surface area (Å²) in [5.74, 6) is -0.458. The van der Waals surface area contributed by atoms with Crippen LogP contribution >= 0.6 is 11.6 Å². The molecular formula is C22H22ClN3O5. The second-order valence-corrected chi connectivity index (χ2v) is 8.02. The Morgan fingerprint density at radius 3 is 2.52 bits per heavy atom. The van der Waals surface area contributed by atoms with Crippen molar-refractivity contribution >= 4 is 11.6 Å². The Hall–Kier alpha value is -2.86. The lowest BCUT2D eigenvalue weighted by atomic mass is 9.72. The molecule has 0 saturated heterocycles. The van der Waals surface area contributed by atoms with Gasteiger partial charge in [0.05, 0.1) is 18.8 Å². The van der Waals surface area contributed by atoms with Crippen LogP contribution in [-0.2, 0) is 6.42 Å². The van der Waals surface area contributed by atoms with E-state index < -0.39 is 30.1 Å². The van der Waals surface area contributed by atoms with E-state index in [0.29, 0.717) is 23.6 Å². The summed E-state index contributed by atoms with van der Waals surface area (Å²) in [5, 5.41) is 35.8. The molecule has 2 N–H and O–H groups in total. The highest BCUT2D eigenvalue weighted by atomic mass is 35.5. The second kappa shape index (κ2) is 10.4. The summed E-state index contributed by atoms with van der Waals surface area (Å²) >= 11 is 6.39. The van der Waals surface area contributed by atoms with E-state index in [0.717, 1.165) is 16.7 Å². The van der Waals surface area contributed by atoms with Crippen LogP contribution in [0, 0.1) is 27.1 Å². The highest BCUT2D eigenvalue weighted by Gasteiger charge is 2.45. The van der Waals surface area contributed by atoms with E-state index in [-0.39, 0.29) is 13.2 Å². The first-order valence-corrected chi connectivity index (χ1v) is 10.2. The summed E-state index contributed by atoms with van der Waals surface area (Å²) in [6, 6.07) is 13.3. The van der Waals surface area contributed by atoms with Crippen LogP contribution < -0.4 is 4.74 Å². The number of nitriles is 1. The van der Waals surface area contributed by atoms with Gasteiger partial charge in [0.2, 0.25) is 0 Å². The molecule has 0 radical (unpaired) electrons. The summed E-state index contributed by atoms with van der Waals surface area (Å²) < 4.78 is 5.25. The maximum atomic E-state index is 11.2. The molecule has 0 aliphatic heterocycles. The highest BCUT2D eigenvalue weighted by Crippen LogP contribution is 2.39. The Morgan fingerprint density at radius 2 is 1.87 bits per heavy atom. The number of aliphatic hydroxyl groups excluding tert-OH is 2. The van der Waals surface area contributed by atoms with Crippen LogP contribution in [0.1, 0.15) is 29.0 Å². The van der Waals surface area contributed by atoms with E-state index in [2.05, 4.69) is 10.4 Å². The molecule has 1 aliphatic rings. The first-order chi connectivity index (χ1) is 15.0. The molecule has 0 bridgehead atoms. The average Bonchev–Trinajstić information content (AvgIpc) is 2.77. The lowest BCUT2D eigenvalue weighted by molar-refractivity contribution is -0.0293. The normalized spacial score (nSPS) is 25.4. The number of rotatable bonds is 8. The number of hydrogen-bond donors (Lipinski definition) is 2. The minimum atomic E-state index is -1.23. The van der Waals surface area contributed by atoms with Gasteiger partial charge in [0.25, 0.3) is 0 Å². The maximum Gasteiger partial charge on any atom is 0.174 e. The number of halogens is 1. The van der Waals surface area contributed by atoms with E-state index in [9.17, 15) is 20.0 Å². The standard InChI is InChI=1S/C22H22ClN3O5/c23-19-6-3-14(18-11-16(12-25-29)21(27)20(26-30)22(18)28)10-15(19)9-13-1-4-17(5-2-13)31-8-7-24/h1-6,10,16,18,20-22,27-28H,8-9,11-12H2. The molecule has 5 atom stereocenters. The fraction of sp³-hybridized carbons (Fsp3) is 0.409. The second-order valence-electron chi connectivity index (χ2n) is 7.61. The molecule has 5 unspecified atom stereocenters. The van der Waals surface area contributed by atoms with E-state index in [1.165, 1.54) is 0 Å². The van der Waals surface area contributed by atoms with Gasteiger partial charge in [-0.1, -0.05) is 46.2 Å². The number of ether oxygens (including phenoxy) is 1. The summed E-state index contributed by atoms with van der Waals surface area (Å²) in [5.41, 5.74) is 2.54. The minimum Gasteiger partial charge on any atom is -0.479 e.